The zero-order valence-electron chi connectivity index (χ0n) is 11.3. The van der Waals surface area contributed by atoms with E-state index in [1.807, 2.05) is 12.1 Å². The van der Waals surface area contributed by atoms with Gasteiger partial charge in [0.2, 0.25) is 0 Å². The second kappa shape index (κ2) is 6.44. The van der Waals surface area contributed by atoms with E-state index in [-0.39, 0.29) is 6.10 Å². The Morgan fingerprint density at radius 3 is 2.89 bits per heavy atom. The second-order valence-corrected chi connectivity index (χ2v) is 4.96. The van der Waals surface area contributed by atoms with E-state index in [4.69, 9.17) is 20.5 Å². The van der Waals surface area contributed by atoms with Gasteiger partial charge in [0.25, 0.3) is 0 Å². The SMILES string of the molecule is COC1CCCC(Oc2ccc(N)c(CC#N)c2)C1. The highest BCUT2D eigenvalue weighted by molar-refractivity contribution is 5.51. The molecule has 0 bridgehead atoms. The van der Waals surface area contributed by atoms with Crippen LogP contribution in [0.4, 0.5) is 5.69 Å². The largest absolute Gasteiger partial charge is 0.490 e. The molecule has 0 amide bonds. The zero-order valence-corrected chi connectivity index (χ0v) is 11.3. The van der Waals surface area contributed by atoms with Crippen LogP contribution in [0.15, 0.2) is 18.2 Å². The molecule has 0 radical (unpaired) electrons. The Labute approximate surface area is 114 Å². The van der Waals surface area contributed by atoms with Crippen LogP contribution in [0.1, 0.15) is 31.2 Å². The highest BCUT2D eigenvalue weighted by Crippen LogP contribution is 2.27. The van der Waals surface area contributed by atoms with E-state index in [1.54, 1.807) is 13.2 Å². The number of anilines is 1. The number of ether oxygens (including phenoxy) is 2. The third-order valence-corrected chi connectivity index (χ3v) is 3.60. The van der Waals surface area contributed by atoms with Crippen LogP contribution in [-0.2, 0) is 11.2 Å². The summed E-state index contributed by atoms with van der Waals surface area (Å²) < 4.78 is 11.4. The van der Waals surface area contributed by atoms with Gasteiger partial charge in [-0.3, -0.25) is 0 Å². The Hall–Kier alpha value is -1.73. The van der Waals surface area contributed by atoms with Crippen LogP contribution in [0.5, 0.6) is 5.75 Å². The molecule has 0 spiro atoms. The molecule has 4 nitrogen and oxygen atoms in total. The minimum atomic E-state index is 0.192. The summed E-state index contributed by atoms with van der Waals surface area (Å²) in [5.74, 6) is 0.793. The number of methoxy groups -OCH3 is 1. The predicted molar refractivity (Wildman–Crippen MR) is 73.9 cm³/mol. The summed E-state index contributed by atoms with van der Waals surface area (Å²) in [4.78, 5) is 0. The maximum atomic E-state index is 8.76. The second-order valence-electron chi connectivity index (χ2n) is 4.96. The van der Waals surface area contributed by atoms with Gasteiger partial charge in [0.05, 0.1) is 18.6 Å². The van der Waals surface area contributed by atoms with Gasteiger partial charge in [0.1, 0.15) is 11.9 Å². The van der Waals surface area contributed by atoms with Crippen molar-refractivity contribution in [1.82, 2.24) is 0 Å². The minimum absolute atomic E-state index is 0.192. The van der Waals surface area contributed by atoms with Gasteiger partial charge in [-0.1, -0.05) is 0 Å². The first-order chi connectivity index (χ1) is 9.22. The zero-order chi connectivity index (χ0) is 13.7. The predicted octanol–water partition coefficient (Wildman–Crippen LogP) is 2.67. The molecule has 4 heteroatoms. The highest BCUT2D eigenvalue weighted by atomic mass is 16.5. The van der Waals surface area contributed by atoms with Crippen molar-refractivity contribution in [3.05, 3.63) is 23.8 Å². The number of hydrogen-bond donors (Lipinski definition) is 1. The lowest BCUT2D eigenvalue weighted by Crippen LogP contribution is -2.29. The van der Waals surface area contributed by atoms with Crippen LogP contribution >= 0.6 is 0 Å². The Kier molecular flexibility index (Phi) is 4.64. The van der Waals surface area contributed by atoms with Crippen molar-refractivity contribution in [2.24, 2.45) is 0 Å². The normalized spacial score (nSPS) is 22.7. The lowest BCUT2D eigenvalue weighted by molar-refractivity contribution is 0.0209. The molecule has 1 aromatic rings. The van der Waals surface area contributed by atoms with E-state index in [9.17, 15) is 0 Å². The van der Waals surface area contributed by atoms with E-state index in [1.165, 1.54) is 0 Å². The van der Waals surface area contributed by atoms with E-state index in [0.29, 0.717) is 18.2 Å². The Morgan fingerprint density at radius 2 is 2.16 bits per heavy atom. The van der Waals surface area contributed by atoms with Crippen LogP contribution < -0.4 is 10.5 Å². The Morgan fingerprint density at radius 1 is 1.37 bits per heavy atom. The monoisotopic (exact) mass is 260 g/mol. The maximum absolute atomic E-state index is 8.76. The first-order valence-corrected chi connectivity index (χ1v) is 6.67. The molecule has 1 aliphatic carbocycles. The van der Waals surface area contributed by atoms with Gasteiger partial charge in [-0.25, -0.2) is 0 Å². The molecule has 0 aliphatic heterocycles. The summed E-state index contributed by atoms with van der Waals surface area (Å²) in [6, 6.07) is 7.66. The number of nitrogens with two attached hydrogens (primary N) is 1. The summed E-state index contributed by atoms with van der Waals surface area (Å²) in [7, 11) is 1.75. The number of nitrogen functional groups attached to an aromatic ring is 1. The number of nitrogens with zero attached hydrogens (tertiary/aromatic N) is 1. The van der Waals surface area contributed by atoms with Gasteiger partial charge in [-0.15, -0.1) is 0 Å². The molecular weight excluding hydrogens is 240 g/mol. The summed E-state index contributed by atoms with van der Waals surface area (Å²) >= 11 is 0. The summed E-state index contributed by atoms with van der Waals surface area (Å²) in [5, 5.41) is 8.76. The third-order valence-electron chi connectivity index (χ3n) is 3.60. The fraction of sp³-hybridized carbons (Fsp3) is 0.533. The Balaban J connectivity index is 2.02. The first-order valence-electron chi connectivity index (χ1n) is 6.67. The van der Waals surface area contributed by atoms with E-state index < -0.39 is 0 Å². The number of benzene rings is 1. The van der Waals surface area contributed by atoms with Gasteiger partial charge in [-0.05, 0) is 43.0 Å². The van der Waals surface area contributed by atoms with Crippen molar-refractivity contribution in [3.8, 4) is 11.8 Å². The molecule has 0 heterocycles. The minimum Gasteiger partial charge on any atom is -0.490 e. The summed E-state index contributed by atoms with van der Waals surface area (Å²) in [6.45, 7) is 0. The third kappa shape index (κ3) is 3.62. The van der Waals surface area contributed by atoms with Gasteiger partial charge >= 0.3 is 0 Å². The molecule has 1 fully saturated rings. The van der Waals surface area contributed by atoms with Crippen molar-refractivity contribution in [2.45, 2.75) is 44.3 Å². The molecule has 1 saturated carbocycles. The molecule has 19 heavy (non-hydrogen) atoms. The van der Waals surface area contributed by atoms with Crippen molar-refractivity contribution in [1.29, 1.82) is 5.26 Å². The number of hydrogen-bond acceptors (Lipinski definition) is 4. The smallest absolute Gasteiger partial charge is 0.120 e. The summed E-state index contributed by atoms with van der Waals surface area (Å²) in [6.07, 6.45) is 5.02. The molecule has 102 valence electrons. The van der Waals surface area contributed by atoms with Crippen LogP contribution in [0, 0.1) is 11.3 Å². The maximum Gasteiger partial charge on any atom is 0.120 e. The number of rotatable bonds is 4. The van der Waals surface area contributed by atoms with Crippen LogP contribution in [-0.4, -0.2) is 19.3 Å². The average Bonchev–Trinajstić information content (AvgIpc) is 2.43. The van der Waals surface area contributed by atoms with Crippen molar-refractivity contribution in [3.63, 3.8) is 0 Å². The quantitative estimate of drug-likeness (QED) is 0.845. The van der Waals surface area contributed by atoms with Crippen LogP contribution in [0.2, 0.25) is 0 Å². The molecule has 2 rings (SSSR count). The topological polar surface area (TPSA) is 68.3 Å². The number of nitriles is 1. The van der Waals surface area contributed by atoms with Crippen LogP contribution in [0.3, 0.4) is 0 Å². The standard InChI is InChI=1S/C15H20N2O2/c1-18-12-3-2-4-13(10-12)19-14-5-6-15(17)11(9-14)7-8-16/h5-6,9,12-13H,2-4,7,10,17H2,1H3. The first kappa shape index (κ1) is 13.7. The molecule has 2 atom stereocenters. The lowest BCUT2D eigenvalue weighted by Gasteiger charge is -2.28. The fourth-order valence-electron chi connectivity index (χ4n) is 2.51. The molecule has 2 N–H and O–H groups in total. The van der Waals surface area contributed by atoms with Crippen molar-refractivity contribution in [2.75, 3.05) is 12.8 Å². The van der Waals surface area contributed by atoms with Gasteiger partial charge in [0, 0.05) is 19.2 Å². The van der Waals surface area contributed by atoms with E-state index >= 15 is 0 Å². The average molecular weight is 260 g/mol. The van der Waals surface area contributed by atoms with Gasteiger partial charge in [0.15, 0.2) is 0 Å². The molecule has 2 unspecified atom stereocenters. The molecule has 0 saturated heterocycles. The van der Waals surface area contributed by atoms with E-state index in [0.717, 1.165) is 37.0 Å². The molecule has 1 aliphatic rings. The molecular formula is C15H20N2O2. The Bertz CT molecular complexity index is 468. The highest BCUT2D eigenvalue weighted by Gasteiger charge is 2.23. The van der Waals surface area contributed by atoms with Crippen molar-refractivity contribution >= 4 is 5.69 Å². The van der Waals surface area contributed by atoms with Gasteiger partial charge < -0.3 is 15.2 Å². The van der Waals surface area contributed by atoms with Crippen LogP contribution in [0.25, 0.3) is 0 Å². The molecule has 0 aromatic heterocycles. The van der Waals surface area contributed by atoms with E-state index in [2.05, 4.69) is 6.07 Å². The molecule has 1 aromatic carbocycles. The van der Waals surface area contributed by atoms with Gasteiger partial charge in [-0.2, -0.15) is 5.26 Å². The summed E-state index contributed by atoms with van der Waals surface area (Å²) in [5.41, 5.74) is 7.30. The van der Waals surface area contributed by atoms with Crippen molar-refractivity contribution < 1.29 is 9.47 Å². The lowest BCUT2D eigenvalue weighted by atomic mass is 9.95. The fourth-order valence-corrected chi connectivity index (χ4v) is 2.51.